The molecule has 0 fully saturated rings. The predicted molar refractivity (Wildman–Crippen MR) is 75.2 cm³/mol. The molecule has 1 heterocycles. The zero-order valence-corrected chi connectivity index (χ0v) is 11.9. The standard InChI is InChI=1S/C12H10ClF2N3OS/c1-20-12-17-9(13)6-10(18-12)16-7-2-4-8(5-3-7)19-11(14)15/h2-6,11H,1H3,(H,16,17,18). The molecule has 0 spiro atoms. The van der Waals surface area contributed by atoms with Crippen molar-refractivity contribution >= 4 is 34.9 Å². The third-order valence-corrected chi connectivity index (χ3v) is 2.95. The van der Waals surface area contributed by atoms with Gasteiger partial charge in [0.2, 0.25) is 0 Å². The largest absolute Gasteiger partial charge is 0.435 e. The van der Waals surface area contributed by atoms with Crippen LogP contribution in [0.4, 0.5) is 20.3 Å². The van der Waals surface area contributed by atoms with Gasteiger partial charge >= 0.3 is 6.61 Å². The summed E-state index contributed by atoms with van der Waals surface area (Å²) in [6, 6.07) is 7.66. The van der Waals surface area contributed by atoms with Crippen molar-refractivity contribution in [1.29, 1.82) is 0 Å². The molecule has 0 aliphatic rings. The molecule has 8 heteroatoms. The Balaban J connectivity index is 2.11. The van der Waals surface area contributed by atoms with Crippen LogP contribution in [0.5, 0.6) is 5.75 Å². The highest BCUT2D eigenvalue weighted by Crippen LogP contribution is 2.23. The van der Waals surface area contributed by atoms with Crippen molar-refractivity contribution < 1.29 is 13.5 Å². The average Bonchev–Trinajstić information content (AvgIpc) is 2.39. The van der Waals surface area contributed by atoms with Crippen LogP contribution in [0.3, 0.4) is 0 Å². The van der Waals surface area contributed by atoms with Crippen molar-refractivity contribution in [2.24, 2.45) is 0 Å². The second kappa shape index (κ2) is 6.71. The van der Waals surface area contributed by atoms with Gasteiger partial charge in [-0.15, -0.1) is 0 Å². The van der Waals surface area contributed by atoms with E-state index in [1.165, 1.54) is 23.9 Å². The molecule has 0 saturated carbocycles. The lowest BCUT2D eigenvalue weighted by atomic mass is 10.3. The Morgan fingerprint density at radius 1 is 1.25 bits per heavy atom. The number of ether oxygens (including phenoxy) is 1. The van der Waals surface area contributed by atoms with Gasteiger partial charge in [0.05, 0.1) is 0 Å². The topological polar surface area (TPSA) is 47.0 Å². The van der Waals surface area contributed by atoms with Crippen molar-refractivity contribution in [3.63, 3.8) is 0 Å². The first-order valence-corrected chi connectivity index (χ1v) is 7.07. The van der Waals surface area contributed by atoms with Crippen LogP contribution >= 0.6 is 23.4 Å². The summed E-state index contributed by atoms with van der Waals surface area (Å²) in [4.78, 5) is 8.24. The molecule has 0 aliphatic heterocycles. The summed E-state index contributed by atoms with van der Waals surface area (Å²) in [6.45, 7) is -2.83. The number of hydrogen-bond acceptors (Lipinski definition) is 5. The molecule has 2 aromatic rings. The van der Waals surface area contributed by atoms with Crippen LogP contribution in [0.1, 0.15) is 0 Å². The number of anilines is 2. The number of aromatic nitrogens is 2. The zero-order chi connectivity index (χ0) is 14.5. The number of nitrogens with one attached hydrogen (secondary N) is 1. The molecule has 1 N–H and O–H groups in total. The number of alkyl halides is 2. The van der Waals surface area contributed by atoms with E-state index >= 15 is 0 Å². The number of hydrogen-bond donors (Lipinski definition) is 1. The first-order valence-electron chi connectivity index (χ1n) is 5.47. The first kappa shape index (κ1) is 14.8. The smallest absolute Gasteiger partial charge is 0.387 e. The summed E-state index contributed by atoms with van der Waals surface area (Å²) in [5.41, 5.74) is 0.674. The lowest BCUT2D eigenvalue weighted by Crippen LogP contribution is -2.02. The molecule has 106 valence electrons. The number of nitrogens with zero attached hydrogens (tertiary/aromatic N) is 2. The maximum Gasteiger partial charge on any atom is 0.387 e. The van der Waals surface area contributed by atoms with E-state index in [0.29, 0.717) is 21.8 Å². The highest BCUT2D eigenvalue weighted by atomic mass is 35.5. The van der Waals surface area contributed by atoms with E-state index < -0.39 is 6.61 Å². The molecule has 20 heavy (non-hydrogen) atoms. The lowest BCUT2D eigenvalue weighted by Gasteiger charge is -2.08. The fraction of sp³-hybridized carbons (Fsp3) is 0.167. The number of thioether (sulfide) groups is 1. The molecule has 4 nitrogen and oxygen atoms in total. The fourth-order valence-electron chi connectivity index (χ4n) is 1.42. The summed E-state index contributed by atoms with van der Waals surface area (Å²) in [6.07, 6.45) is 1.84. The van der Waals surface area contributed by atoms with E-state index in [2.05, 4.69) is 20.0 Å². The van der Waals surface area contributed by atoms with Gasteiger partial charge in [-0.1, -0.05) is 23.4 Å². The van der Waals surface area contributed by atoms with Crippen molar-refractivity contribution in [2.45, 2.75) is 11.8 Å². The Labute approximate surface area is 123 Å². The van der Waals surface area contributed by atoms with Crippen LogP contribution in [0.15, 0.2) is 35.5 Å². The Morgan fingerprint density at radius 3 is 2.55 bits per heavy atom. The summed E-state index contributed by atoms with van der Waals surface area (Å²) < 4.78 is 28.3. The second-order valence-corrected chi connectivity index (χ2v) is 4.75. The Bertz CT molecular complexity index is 583. The average molecular weight is 318 g/mol. The van der Waals surface area contributed by atoms with Crippen LogP contribution in [0.2, 0.25) is 5.15 Å². The highest BCUT2D eigenvalue weighted by molar-refractivity contribution is 7.98. The van der Waals surface area contributed by atoms with Gasteiger partial charge in [0.1, 0.15) is 16.7 Å². The Kier molecular flexibility index (Phi) is 4.97. The molecule has 0 radical (unpaired) electrons. The van der Waals surface area contributed by atoms with E-state index in [9.17, 15) is 8.78 Å². The van der Waals surface area contributed by atoms with Crippen molar-refractivity contribution in [3.8, 4) is 5.75 Å². The number of benzene rings is 1. The fourth-order valence-corrected chi connectivity index (χ4v) is 2.03. The third kappa shape index (κ3) is 4.21. The van der Waals surface area contributed by atoms with Crippen LogP contribution in [0.25, 0.3) is 0 Å². The maximum atomic E-state index is 12.0. The molecule has 0 atom stereocenters. The van der Waals surface area contributed by atoms with E-state index in [4.69, 9.17) is 11.6 Å². The minimum atomic E-state index is -2.83. The second-order valence-electron chi connectivity index (χ2n) is 3.59. The quantitative estimate of drug-likeness (QED) is 0.509. The van der Waals surface area contributed by atoms with E-state index in [0.717, 1.165) is 0 Å². The lowest BCUT2D eigenvalue weighted by molar-refractivity contribution is -0.0498. The summed E-state index contributed by atoms with van der Waals surface area (Å²) in [5.74, 6) is 0.618. The van der Waals surface area contributed by atoms with E-state index in [-0.39, 0.29) is 5.75 Å². The van der Waals surface area contributed by atoms with E-state index in [1.54, 1.807) is 18.2 Å². The summed E-state index contributed by atoms with van der Waals surface area (Å²) in [5, 5.41) is 3.87. The first-order chi connectivity index (χ1) is 9.56. The molecule has 1 aromatic carbocycles. The van der Waals surface area contributed by atoms with Crippen molar-refractivity contribution in [2.75, 3.05) is 11.6 Å². The Morgan fingerprint density at radius 2 is 1.95 bits per heavy atom. The van der Waals surface area contributed by atoms with Crippen LogP contribution in [-0.4, -0.2) is 22.8 Å². The molecule has 2 rings (SSSR count). The van der Waals surface area contributed by atoms with Gasteiger partial charge in [-0.2, -0.15) is 8.78 Å². The van der Waals surface area contributed by atoms with Gasteiger partial charge in [0.15, 0.2) is 5.16 Å². The number of halogens is 3. The van der Waals surface area contributed by atoms with Gasteiger partial charge < -0.3 is 10.1 Å². The molecule has 0 bridgehead atoms. The molecular weight excluding hydrogens is 308 g/mol. The zero-order valence-electron chi connectivity index (χ0n) is 10.3. The Hall–Kier alpha value is -1.60. The number of rotatable bonds is 5. The van der Waals surface area contributed by atoms with Crippen LogP contribution in [-0.2, 0) is 0 Å². The molecule has 0 unspecified atom stereocenters. The van der Waals surface area contributed by atoms with Gasteiger partial charge in [0, 0.05) is 11.8 Å². The van der Waals surface area contributed by atoms with Crippen molar-refractivity contribution in [1.82, 2.24) is 9.97 Å². The molecule has 0 aliphatic carbocycles. The maximum absolute atomic E-state index is 12.0. The van der Waals surface area contributed by atoms with Gasteiger partial charge in [0.25, 0.3) is 0 Å². The molecule has 0 amide bonds. The monoisotopic (exact) mass is 317 g/mol. The van der Waals surface area contributed by atoms with Crippen molar-refractivity contribution in [3.05, 3.63) is 35.5 Å². The van der Waals surface area contributed by atoms with E-state index in [1.807, 2.05) is 6.26 Å². The van der Waals surface area contributed by atoms with Crippen LogP contribution < -0.4 is 10.1 Å². The summed E-state index contributed by atoms with van der Waals surface area (Å²) >= 11 is 7.24. The molecular formula is C12H10ClF2N3OS. The van der Waals surface area contributed by atoms with Gasteiger partial charge in [-0.25, -0.2) is 9.97 Å². The molecule has 1 aromatic heterocycles. The minimum absolute atomic E-state index is 0.0936. The van der Waals surface area contributed by atoms with Gasteiger partial charge in [-0.05, 0) is 30.5 Å². The van der Waals surface area contributed by atoms with Gasteiger partial charge in [-0.3, -0.25) is 0 Å². The minimum Gasteiger partial charge on any atom is -0.435 e. The predicted octanol–water partition coefficient (Wildman–Crippen LogP) is 4.20. The third-order valence-electron chi connectivity index (χ3n) is 2.21. The summed E-state index contributed by atoms with van der Waals surface area (Å²) in [7, 11) is 0. The highest BCUT2D eigenvalue weighted by Gasteiger charge is 2.05. The SMILES string of the molecule is CSc1nc(Cl)cc(Nc2ccc(OC(F)F)cc2)n1. The van der Waals surface area contributed by atoms with Crippen LogP contribution in [0, 0.1) is 0 Å². The molecule has 0 saturated heterocycles. The normalized spacial score (nSPS) is 10.7.